The van der Waals surface area contributed by atoms with Crippen LogP contribution in [0.1, 0.15) is 34.0 Å². The molecule has 0 aliphatic heterocycles. The molecular formula is C12H15N3O3. The number of rotatable bonds is 6. The van der Waals surface area contributed by atoms with Crippen molar-refractivity contribution in [3.8, 4) is 0 Å². The van der Waals surface area contributed by atoms with Gasteiger partial charge < -0.3 is 10.2 Å². The van der Waals surface area contributed by atoms with Gasteiger partial charge in [0.1, 0.15) is 12.4 Å². The molecular weight excluding hydrogens is 234 g/mol. The summed E-state index contributed by atoms with van der Waals surface area (Å²) in [6, 6.07) is 4.92. The summed E-state index contributed by atoms with van der Waals surface area (Å²) in [6.07, 6.45) is -1.28. The third-order valence-corrected chi connectivity index (χ3v) is 2.55. The van der Waals surface area contributed by atoms with Gasteiger partial charge in [0.2, 0.25) is 0 Å². The molecule has 1 aromatic carbocycles. The van der Waals surface area contributed by atoms with Crippen LogP contribution in [0.4, 0.5) is 0 Å². The highest BCUT2D eigenvalue weighted by atomic mass is 16.3. The van der Waals surface area contributed by atoms with Gasteiger partial charge in [0.25, 0.3) is 0 Å². The molecule has 0 saturated carbocycles. The Morgan fingerprint density at radius 3 is 2.78 bits per heavy atom. The fourth-order valence-corrected chi connectivity index (χ4v) is 1.70. The summed E-state index contributed by atoms with van der Waals surface area (Å²) in [4.78, 5) is 13.3. The summed E-state index contributed by atoms with van der Waals surface area (Å²) in [5.74, 6) is 0. The van der Waals surface area contributed by atoms with E-state index in [0.29, 0.717) is 17.4 Å². The highest BCUT2D eigenvalue weighted by Gasteiger charge is 2.18. The molecule has 1 rings (SSSR count). The van der Waals surface area contributed by atoms with E-state index >= 15 is 0 Å². The van der Waals surface area contributed by atoms with E-state index in [1.54, 1.807) is 19.1 Å². The molecule has 96 valence electrons. The Morgan fingerprint density at radius 2 is 2.17 bits per heavy atom. The zero-order chi connectivity index (χ0) is 13.5. The summed E-state index contributed by atoms with van der Waals surface area (Å²) >= 11 is 0. The zero-order valence-corrected chi connectivity index (χ0v) is 10.0. The summed E-state index contributed by atoms with van der Waals surface area (Å²) in [5, 5.41) is 23.0. The second-order valence-corrected chi connectivity index (χ2v) is 4.05. The second kappa shape index (κ2) is 6.76. The molecule has 0 aromatic heterocycles. The van der Waals surface area contributed by atoms with Crippen LogP contribution < -0.4 is 0 Å². The van der Waals surface area contributed by atoms with E-state index in [4.69, 9.17) is 5.53 Å². The van der Waals surface area contributed by atoms with E-state index in [0.717, 1.165) is 5.56 Å². The monoisotopic (exact) mass is 249 g/mol. The Balaban J connectivity index is 2.81. The van der Waals surface area contributed by atoms with Gasteiger partial charge in [0.05, 0.1) is 6.10 Å². The highest BCUT2D eigenvalue weighted by Crippen LogP contribution is 2.21. The number of hydrogen-bond acceptors (Lipinski definition) is 4. The predicted octanol–water partition coefficient (Wildman–Crippen LogP) is 1.90. The molecule has 18 heavy (non-hydrogen) atoms. The van der Waals surface area contributed by atoms with Crippen LogP contribution in [-0.2, 0) is 0 Å². The van der Waals surface area contributed by atoms with E-state index in [1.807, 2.05) is 0 Å². The topological polar surface area (TPSA) is 106 Å². The number of benzene rings is 1. The molecule has 0 amide bonds. The van der Waals surface area contributed by atoms with Gasteiger partial charge >= 0.3 is 0 Å². The molecule has 2 N–H and O–H groups in total. The summed E-state index contributed by atoms with van der Waals surface area (Å²) in [7, 11) is 0. The molecule has 0 radical (unpaired) electrons. The quantitative estimate of drug-likeness (QED) is 0.348. The van der Waals surface area contributed by atoms with Crippen LogP contribution in [-0.4, -0.2) is 29.1 Å². The van der Waals surface area contributed by atoms with Gasteiger partial charge in [0, 0.05) is 17.0 Å². The first kappa shape index (κ1) is 14.2. The van der Waals surface area contributed by atoms with Crippen molar-refractivity contribution in [2.24, 2.45) is 5.11 Å². The molecule has 6 heteroatoms. The average Bonchev–Trinajstić information content (AvgIpc) is 2.37. The summed E-state index contributed by atoms with van der Waals surface area (Å²) in [6.45, 7) is 1.91. The van der Waals surface area contributed by atoms with E-state index in [1.165, 1.54) is 6.07 Å². The molecule has 0 heterocycles. The number of nitrogens with zero attached hydrogens (tertiary/aromatic N) is 3. The number of azide groups is 1. The summed E-state index contributed by atoms with van der Waals surface area (Å²) in [5.41, 5.74) is 9.87. The van der Waals surface area contributed by atoms with Crippen molar-refractivity contribution in [3.05, 3.63) is 45.3 Å². The standard InChI is InChI=1S/C12H15N3O3/c1-8-4-9(7-16)6-10(5-8)12(18)11(17)2-3-14-15-13/h4-7,11-12,17-18H,2-3H2,1H3. The molecule has 0 aliphatic carbocycles. The zero-order valence-electron chi connectivity index (χ0n) is 10.0. The Bertz CT molecular complexity index is 470. The fourth-order valence-electron chi connectivity index (χ4n) is 1.70. The van der Waals surface area contributed by atoms with Crippen LogP contribution in [0.5, 0.6) is 0 Å². The lowest BCUT2D eigenvalue weighted by atomic mass is 9.98. The number of aldehydes is 1. The van der Waals surface area contributed by atoms with Gasteiger partial charge in [-0.2, -0.15) is 0 Å². The van der Waals surface area contributed by atoms with Crippen molar-refractivity contribution < 1.29 is 15.0 Å². The van der Waals surface area contributed by atoms with Crippen molar-refractivity contribution in [2.75, 3.05) is 6.54 Å². The molecule has 0 bridgehead atoms. The first-order valence-corrected chi connectivity index (χ1v) is 5.52. The van der Waals surface area contributed by atoms with Gasteiger partial charge in [-0.25, -0.2) is 0 Å². The van der Waals surface area contributed by atoms with Crippen LogP contribution in [0.25, 0.3) is 10.4 Å². The molecule has 0 saturated heterocycles. The van der Waals surface area contributed by atoms with Gasteiger partial charge in [-0.15, -0.1) is 0 Å². The Kier molecular flexibility index (Phi) is 5.32. The van der Waals surface area contributed by atoms with Crippen LogP contribution in [0, 0.1) is 6.92 Å². The van der Waals surface area contributed by atoms with E-state index in [9.17, 15) is 15.0 Å². The highest BCUT2D eigenvalue weighted by molar-refractivity contribution is 5.75. The van der Waals surface area contributed by atoms with Crippen molar-refractivity contribution in [1.82, 2.24) is 0 Å². The minimum atomic E-state index is -1.10. The Hall–Kier alpha value is -1.88. The molecule has 2 atom stereocenters. The van der Waals surface area contributed by atoms with Crippen molar-refractivity contribution >= 4 is 6.29 Å². The predicted molar refractivity (Wildman–Crippen MR) is 66.2 cm³/mol. The Morgan fingerprint density at radius 1 is 1.44 bits per heavy atom. The van der Waals surface area contributed by atoms with Crippen LogP contribution >= 0.6 is 0 Å². The smallest absolute Gasteiger partial charge is 0.150 e. The lowest BCUT2D eigenvalue weighted by Gasteiger charge is -2.18. The molecule has 0 aliphatic rings. The maximum atomic E-state index is 10.7. The van der Waals surface area contributed by atoms with Gasteiger partial charge in [-0.1, -0.05) is 16.7 Å². The maximum absolute atomic E-state index is 10.7. The molecule has 0 fully saturated rings. The van der Waals surface area contributed by atoms with Gasteiger partial charge in [-0.05, 0) is 36.6 Å². The Labute approximate surface area is 105 Å². The van der Waals surface area contributed by atoms with Crippen LogP contribution in [0.3, 0.4) is 0 Å². The third-order valence-electron chi connectivity index (χ3n) is 2.55. The second-order valence-electron chi connectivity index (χ2n) is 4.05. The van der Waals surface area contributed by atoms with Crippen LogP contribution in [0.15, 0.2) is 23.3 Å². The first-order valence-electron chi connectivity index (χ1n) is 5.52. The molecule has 1 aromatic rings. The minimum absolute atomic E-state index is 0.112. The van der Waals surface area contributed by atoms with E-state index < -0.39 is 12.2 Å². The number of aryl methyl sites for hydroxylation is 1. The van der Waals surface area contributed by atoms with E-state index in [-0.39, 0.29) is 13.0 Å². The van der Waals surface area contributed by atoms with Crippen LogP contribution in [0.2, 0.25) is 0 Å². The largest absolute Gasteiger partial charge is 0.390 e. The molecule has 2 unspecified atom stereocenters. The van der Waals surface area contributed by atoms with Crippen molar-refractivity contribution in [1.29, 1.82) is 0 Å². The SMILES string of the molecule is Cc1cc(C=O)cc(C(O)C(O)CCN=[N+]=[N-])c1. The number of carbonyl (C=O) groups excluding carboxylic acids is 1. The van der Waals surface area contributed by atoms with Crippen molar-refractivity contribution in [2.45, 2.75) is 25.6 Å². The van der Waals surface area contributed by atoms with E-state index in [2.05, 4.69) is 10.0 Å². The van der Waals surface area contributed by atoms with Crippen molar-refractivity contribution in [3.63, 3.8) is 0 Å². The van der Waals surface area contributed by atoms with Gasteiger partial charge in [-0.3, -0.25) is 4.79 Å². The van der Waals surface area contributed by atoms with Gasteiger partial charge in [0.15, 0.2) is 0 Å². The number of hydrogen-bond donors (Lipinski definition) is 2. The number of aliphatic hydroxyl groups is 2. The molecule has 6 nitrogen and oxygen atoms in total. The fraction of sp³-hybridized carbons (Fsp3) is 0.417. The lowest BCUT2D eigenvalue weighted by molar-refractivity contribution is 0.0150. The third kappa shape index (κ3) is 3.85. The number of aliphatic hydroxyl groups excluding tert-OH is 2. The lowest BCUT2D eigenvalue weighted by Crippen LogP contribution is -2.19. The normalized spacial score (nSPS) is 13.5. The molecule has 0 spiro atoms. The average molecular weight is 249 g/mol. The maximum Gasteiger partial charge on any atom is 0.150 e. The summed E-state index contributed by atoms with van der Waals surface area (Å²) < 4.78 is 0. The minimum Gasteiger partial charge on any atom is -0.390 e. The number of carbonyl (C=O) groups is 1. The first-order chi connectivity index (χ1) is 8.58.